The molecule has 1 aromatic carbocycles. The second-order valence-corrected chi connectivity index (χ2v) is 4.93. The van der Waals surface area contributed by atoms with E-state index in [2.05, 4.69) is 6.92 Å². The highest BCUT2D eigenvalue weighted by atomic mass is 16.5. The molecule has 2 rings (SSSR count). The van der Waals surface area contributed by atoms with Crippen LogP contribution in [0, 0.1) is 5.41 Å². The number of carbonyl (C=O) groups excluding carboxylic acids is 1. The van der Waals surface area contributed by atoms with Gasteiger partial charge in [-0.3, -0.25) is 4.79 Å². The molecular formula is C14H18O2. The van der Waals surface area contributed by atoms with Gasteiger partial charge in [0.2, 0.25) is 0 Å². The van der Waals surface area contributed by atoms with E-state index >= 15 is 0 Å². The number of Topliss-reactive ketones (excluding diaryl/α,β-unsaturated/α-hetero) is 1. The topological polar surface area (TPSA) is 26.3 Å². The lowest BCUT2D eigenvalue weighted by Crippen LogP contribution is -2.31. The molecule has 1 aliphatic heterocycles. The lowest BCUT2D eigenvalue weighted by Gasteiger charge is -2.32. The predicted molar refractivity (Wildman–Crippen MR) is 63.5 cm³/mol. The average Bonchev–Trinajstić information content (AvgIpc) is 2.30. The van der Waals surface area contributed by atoms with E-state index in [0.717, 1.165) is 25.0 Å². The molecule has 86 valence electrons. The van der Waals surface area contributed by atoms with Crippen LogP contribution in [0.25, 0.3) is 0 Å². The third-order valence-electron chi connectivity index (χ3n) is 3.20. The molecule has 0 spiro atoms. The molecule has 0 aromatic heterocycles. The highest BCUT2D eigenvalue weighted by molar-refractivity contribution is 5.96. The number of ketones is 1. The Bertz CT molecular complexity index is 350. The smallest absolute Gasteiger partial charge is 0.163 e. The van der Waals surface area contributed by atoms with E-state index in [1.807, 2.05) is 30.3 Å². The minimum atomic E-state index is 0.0329. The van der Waals surface area contributed by atoms with Crippen molar-refractivity contribution in [2.45, 2.75) is 26.2 Å². The molecule has 1 aromatic rings. The molecule has 2 nitrogen and oxygen atoms in total. The highest BCUT2D eigenvalue weighted by Crippen LogP contribution is 2.32. The molecule has 0 aliphatic carbocycles. The predicted octanol–water partition coefficient (Wildman–Crippen LogP) is 3.08. The fourth-order valence-electron chi connectivity index (χ4n) is 2.24. The standard InChI is InChI=1S/C14H18O2/c1-14(8-5-9-16-11-14)10-13(15)12-6-3-2-4-7-12/h2-4,6-7H,5,8-11H2,1H3. The van der Waals surface area contributed by atoms with E-state index in [-0.39, 0.29) is 11.2 Å². The van der Waals surface area contributed by atoms with Crippen LogP contribution in [0.2, 0.25) is 0 Å². The number of benzene rings is 1. The largest absolute Gasteiger partial charge is 0.381 e. The second-order valence-electron chi connectivity index (χ2n) is 4.93. The summed E-state index contributed by atoms with van der Waals surface area (Å²) >= 11 is 0. The van der Waals surface area contributed by atoms with Gasteiger partial charge in [-0.25, -0.2) is 0 Å². The minimum absolute atomic E-state index is 0.0329. The van der Waals surface area contributed by atoms with Gasteiger partial charge in [0.05, 0.1) is 6.61 Å². The van der Waals surface area contributed by atoms with Crippen LogP contribution in [0.3, 0.4) is 0 Å². The summed E-state index contributed by atoms with van der Waals surface area (Å²) in [7, 11) is 0. The molecular weight excluding hydrogens is 200 g/mol. The Kier molecular flexibility index (Phi) is 3.39. The summed E-state index contributed by atoms with van der Waals surface area (Å²) in [6.45, 7) is 3.70. The molecule has 1 fully saturated rings. The van der Waals surface area contributed by atoms with E-state index in [4.69, 9.17) is 4.74 Å². The number of rotatable bonds is 3. The number of ether oxygens (including phenoxy) is 1. The molecule has 2 heteroatoms. The summed E-state index contributed by atoms with van der Waals surface area (Å²) in [5.74, 6) is 0.230. The van der Waals surface area contributed by atoms with Crippen molar-refractivity contribution >= 4 is 5.78 Å². The van der Waals surface area contributed by atoms with E-state index in [1.54, 1.807) is 0 Å². The Balaban J connectivity index is 2.01. The highest BCUT2D eigenvalue weighted by Gasteiger charge is 2.30. The van der Waals surface area contributed by atoms with Crippen molar-refractivity contribution in [2.75, 3.05) is 13.2 Å². The number of carbonyl (C=O) groups is 1. The van der Waals surface area contributed by atoms with Gasteiger partial charge in [0, 0.05) is 18.6 Å². The van der Waals surface area contributed by atoms with Crippen LogP contribution in [0.5, 0.6) is 0 Å². The fraction of sp³-hybridized carbons (Fsp3) is 0.500. The van der Waals surface area contributed by atoms with Gasteiger partial charge >= 0.3 is 0 Å². The summed E-state index contributed by atoms with van der Waals surface area (Å²) in [5.41, 5.74) is 0.847. The van der Waals surface area contributed by atoms with Crippen molar-refractivity contribution in [2.24, 2.45) is 5.41 Å². The molecule has 16 heavy (non-hydrogen) atoms. The second kappa shape index (κ2) is 4.79. The van der Waals surface area contributed by atoms with Crippen LogP contribution < -0.4 is 0 Å². The molecule has 1 unspecified atom stereocenters. The van der Waals surface area contributed by atoms with Gasteiger partial charge in [-0.2, -0.15) is 0 Å². The zero-order valence-electron chi connectivity index (χ0n) is 9.74. The first kappa shape index (κ1) is 11.3. The third-order valence-corrected chi connectivity index (χ3v) is 3.20. The van der Waals surface area contributed by atoms with Crippen LogP contribution in [0.1, 0.15) is 36.5 Å². The summed E-state index contributed by atoms with van der Waals surface area (Å²) in [5, 5.41) is 0. The third kappa shape index (κ3) is 2.70. The Hall–Kier alpha value is -1.15. The lowest BCUT2D eigenvalue weighted by atomic mass is 9.79. The van der Waals surface area contributed by atoms with Crippen molar-refractivity contribution in [1.29, 1.82) is 0 Å². The maximum Gasteiger partial charge on any atom is 0.163 e. The molecule has 1 aliphatic rings. The first-order chi connectivity index (χ1) is 7.70. The molecule has 0 bridgehead atoms. The normalized spacial score (nSPS) is 25.3. The Labute approximate surface area is 96.6 Å². The number of hydrogen-bond acceptors (Lipinski definition) is 2. The van der Waals surface area contributed by atoms with Crippen molar-refractivity contribution < 1.29 is 9.53 Å². The van der Waals surface area contributed by atoms with Crippen molar-refractivity contribution in [3.63, 3.8) is 0 Å². The van der Waals surface area contributed by atoms with Crippen molar-refractivity contribution in [3.05, 3.63) is 35.9 Å². The maximum absolute atomic E-state index is 12.1. The SMILES string of the molecule is CC1(CC(=O)c2ccccc2)CCCOC1. The van der Waals surface area contributed by atoms with Crippen molar-refractivity contribution in [3.8, 4) is 0 Å². The zero-order chi connectivity index (χ0) is 11.4. The van der Waals surface area contributed by atoms with Gasteiger partial charge in [-0.15, -0.1) is 0 Å². The fourth-order valence-corrected chi connectivity index (χ4v) is 2.24. The Morgan fingerprint density at radius 1 is 1.38 bits per heavy atom. The molecule has 0 N–H and O–H groups in total. The summed E-state index contributed by atoms with van der Waals surface area (Å²) in [6, 6.07) is 9.52. The van der Waals surface area contributed by atoms with E-state index < -0.39 is 0 Å². The van der Waals surface area contributed by atoms with Gasteiger partial charge < -0.3 is 4.74 Å². The van der Waals surface area contributed by atoms with Crippen LogP contribution in [0.15, 0.2) is 30.3 Å². The van der Waals surface area contributed by atoms with E-state index in [1.165, 1.54) is 0 Å². The first-order valence-electron chi connectivity index (χ1n) is 5.86. The molecule has 0 saturated carbocycles. The summed E-state index contributed by atoms with van der Waals surface area (Å²) in [4.78, 5) is 12.1. The van der Waals surface area contributed by atoms with Crippen LogP contribution in [-0.4, -0.2) is 19.0 Å². The van der Waals surface area contributed by atoms with Crippen LogP contribution in [0.4, 0.5) is 0 Å². The zero-order valence-corrected chi connectivity index (χ0v) is 9.74. The molecule has 1 heterocycles. The molecule has 0 radical (unpaired) electrons. The van der Waals surface area contributed by atoms with Gasteiger partial charge in [0.15, 0.2) is 5.78 Å². The quantitative estimate of drug-likeness (QED) is 0.729. The minimum Gasteiger partial charge on any atom is -0.381 e. The Morgan fingerprint density at radius 3 is 2.75 bits per heavy atom. The molecule has 1 saturated heterocycles. The average molecular weight is 218 g/mol. The number of hydrogen-bond donors (Lipinski definition) is 0. The maximum atomic E-state index is 12.1. The summed E-state index contributed by atoms with van der Waals surface area (Å²) < 4.78 is 5.47. The van der Waals surface area contributed by atoms with Crippen molar-refractivity contribution in [1.82, 2.24) is 0 Å². The van der Waals surface area contributed by atoms with Crippen LogP contribution in [-0.2, 0) is 4.74 Å². The molecule has 1 atom stereocenters. The van der Waals surface area contributed by atoms with Gasteiger partial charge in [0.25, 0.3) is 0 Å². The Morgan fingerprint density at radius 2 is 2.12 bits per heavy atom. The monoisotopic (exact) mass is 218 g/mol. The van der Waals surface area contributed by atoms with Gasteiger partial charge in [0.1, 0.15) is 0 Å². The van der Waals surface area contributed by atoms with Gasteiger partial charge in [-0.05, 0) is 18.3 Å². The van der Waals surface area contributed by atoms with E-state index in [0.29, 0.717) is 13.0 Å². The molecule has 0 amide bonds. The first-order valence-corrected chi connectivity index (χ1v) is 5.86. The van der Waals surface area contributed by atoms with Gasteiger partial charge in [-0.1, -0.05) is 37.3 Å². The van der Waals surface area contributed by atoms with Crippen LogP contribution >= 0.6 is 0 Å². The lowest BCUT2D eigenvalue weighted by molar-refractivity contribution is 0.000179. The van der Waals surface area contributed by atoms with E-state index in [9.17, 15) is 4.79 Å². The summed E-state index contributed by atoms with van der Waals surface area (Å²) in [6.07, 6.45) is 2.75.